The quantitative estimate of drug-likeness (QED) is 0.313. The summed E-state index contributed by atoms with van der Waals surface area (Å²) in [5.41, 5.74) is -0.0572. The van der Waals surface area contributed by atoms with Gasteiger partial charge in [-0.3, -0.25) is 29.5 Å². The number of carbonyl (C=O) groups is 2. The summed E-state index contributed by atoms with van der Waals surface area (Å²) in [6, 6.07) is 4.12. The summed E-state index contributed by atoms with van der Waals surface area (Å²) in [5, 5.41) is 11.4. The lowest BCUT2D eigenvalue weighted by Crippen LogP contribution is -2.73. The van der Waals surface area contributed by atoms with Gasteiger partial charge in [0.25, 0.3) is 5.69 Å². The van der Waals surface area contributed by atoms with E-state index < -0.39 is 16.4 Å². The van der Waals surface area contributed by atoms with Crippen LogP contribution in [0, 0.1) is 15.5 Å². The van der Waals surface area contributed by atoms with Crippen LogP contribution in [0.2, 0.25) is 0 Å². The molecular formula is C18H20N4O5S. The zero-order chi connectivity index (χ0) is 20.2. The summed E-state index contributed by atoms with van der Waals surface area (Å²) in [6.45, 7) is 3.33. The van der Waals surface area contributed by atoms with Crippen molar-refractivity contribution in [2.24, 2.45) is 5.41 Å². The molecule has 4 rings (SSSR count). The summed E-state index contributed by atoms with van der Waals surface area (Å²) in [4.78, 5) is 42.6. The summed E-state index contributed by atoms with van der Waals surface area (Å²) < 4.78 is 5.65. The Morgan fingerprint density at radius 3 is 2.79 bits per heavy atom. The van der Waals surface area contributed by atoms with Crippen molar-refractivity contribution in [1.29, 1.82) is 0 Å². The number of rotatable bonds is 2. The van der Waals surface area contributed by atoms with Crippen molar-refractivity contribution in [2.45, 2.75) is 19.4 Å². The Morgan fingerprint density at radius 1 is 1.36 bits per heavy atom. The number of amides is 2. The number of nitrogens with zero attached hydrogens (tertiary/aromatic N) is 4. The van der Waals surface area contributed by atoms with Gasteiger partial charge in [-0.2, -0.15) is 0 Å². The van der Waals surface area contributed by atoms with Gasteiger partial charge in [0, 0.05) is 44.4 Å². The van der Waals surface area contributed by atoms with Crippen molar-refractivity contribution < 1.29 is 19.2 Å². The fourth-order valence-electron chi connectivity index (χ4n) is 4.53. The number of non-ortho nitro benzene ring substituents is 1. The molecule has 0 bridgehead atoms. The van der Waals surface area contributed by atoms with E-state index in [2.05, 4.69) is 0 Å². The second-order valence-electron chi connectivity index (χ2n) is 7.20. The smallest absolute Gasteiger partial charge is 0.269 e. The maximum Gasteiger partial charge on any atom is 0.269 e. The van der Waals surface area contributed by atoms with Gasteiger partial charge in [-0.15, -0.1) is 0 Å². The Balaban J connectivity index is 1.92. The van der Waals surface area contributed by atoms with Crippen molar-refractivity contribution in [3.63, 3.8) is 0 Å². The molecule has 0 aromatic heterocycles. The van der Waals surface area contributed by atoms with E-state index in [-0.39, 0.29) is 35.6 Å². The van der Waals surface area contributed by atoms with Gasteiger partial charge in [0.1, 0.15) is 0 Å². The zero-order valence-electron chi connectivity index (χ0n) is 15.6. The van der Waals surface area contributed by atoms with Gasteiger partial charge in [-0.05, 0) is 30.8 Å². The molecule has 1 spiro atoms. The van der Waals surface area contributed by atoms with Crippen molar-refractivity contribution in [1.82, 2.24) is 9.80 Å². The third-order valence-electron chi connectivity index (χ3n) is 5.90. The van der Waals surface area contributed by atoms with Crippen LogP contribution in [0.5, 0.6) is 0 Å². The number of fused-ring (bicyclic) bond motifs is 4. The van der Waals surface area contributed by atoms with Gasteiger partial charge in [-0.1, -0.05) is 0 Å². The SMILES string of the molecule is CCN1C(=O)[C@]2(Cc3cc([N+](=O)[O-])ccc3N3CCOC[C@H]32)C(=O)N(C)C1=S. The molecule has 148 valence electrons. The van der Waals surface area contributed by atoms with Crippen LogP contribution in [0.15, 0.2) is 18.2 Å². The van der Waals surface area contributed by atoms with Gasteiger partial charge in [0.2, 0.25) is 11.8 Å². The van der Waals surface area contributed by atoms with Crippen molar-refractivity contribution in [3.05, 3.63) is 33.9 Å². The van der Waals surface area contributed by atoms with E-state index in [1.807, 2.05) is 4.90 Å². The average molecular weight is 404 g/mol. The highest BCUT2D eigenvalue weighted by molar-refractivity contribution is 7.80. The molecule has 2 atom stereocenters. The predicted octanol–water partition coefficient (Wildman–Crippen LogP) is 0.948. The number of hydrogen-bond donors (Lipinski definition) is 0. The molecule has 2 fully saturated rings. The first kappa shape index (κ1) is 18.8. The monoisotopic (exact) mass is 404 g/mol. The Labute approximate surface area is 167 Å². The van der Waals surface area contributed by atoms with Crippen LogP contribution in [0.25, 0.3) is 0 Å². The molecule has 0 aliphatic carbocycles. The Morgan fingerprint density at radius 2 is 2.11 bits per heavy atom. The van der Waals surface area contributed by atoms with Gasteiger partial charge in [-0.25, -0.2) is 0 Å². The molecule has 1 aromatic carbocycles. The van der Waals surface area contributed by atoms with Gasteiger partial charge in [0.05, 0.1) is 24.2 Å². The molecule has 1 aromatic rings. The third-order valence-corrected chi connectivity index (χ3v) is 6.39. The molecule has 3 heterocycles. The predicted molar refractivity (Wildman–Crippen MR) is 104 cm³/mol. The molecule has 2 amide bonds. The number of nitro benzene ring substituents is 1. The topological polar surface area (TPSA) is 96.2 Å². The number of morpholine rings is 1. The first-order valence-electron chi connectivity index (χ1n) is 9.08. The van der Waals surface area contributed by atoms with Crippen LogP contribution in [0.4, 0.5) is 11.4 Å². The fraction of sp³-hybridized carbons (Fsp3) is 0.500. The molecule has 0 N–H and O–H groups in total. The first-order chi connectivity index (χ1) is 13.3. The molecule has 3 aliphatic heterocycles. The second kappa shape index (κ2) is 6.49. The van der Waals surface area contributed by atoms with Crippen LogP contribution in [0.1, 0.15) is 12.5 Å². The summed E-state index contributed by atoms with van der Waals surface area (Å²) in [6.07, 6.45) is 0.0790. The molecule has 9 nitrogen and oxygen atoms in total. The highest BCUT2D eigenvalue weighted by Gasteiger charge is 2.63. The number of anilines is 1. The van der Waals surface area contributed by atoms with E-state index in [1.54, 1.807) is 20.0 Å². The number of thiocarbonyl (C=S) groups is 1. The molecule has 0 unspecified atom stereocenters. The van der Waals surface area contributed by atoms with E-state index in [4.69, 9.17) is 17.0 Å². The first-order valence-corrected chi connectivity index (χ1v) is 9.49. The number of hydrogen-bond acceptors (Lipinski definition) is 7. The number of carbonyl (C=O) groups excluding carboxylic acids is 2. The largest absolute Gasteiger partial charge is 0.377 e. The minimum absolute atomic E-state index is 0.0625. The van der Waals surface area contributed by atoms with Crippen molar-refractivity contribution in [3.8, 4) is 0 Å². The molecule has 0 radical (unpaired) electrons. The second-order valence-corrected chi connectivity index (χ2v) is 7.56. The van der Waals surface area contributed by atoms with E-state index in [0.717, 1.165) is 5.69 Å². The summed E-state index contributed by atoms with van der Waals surface area (Å²) >= 11 is 5.31. The third kappa shape index (κ3) is 2.37. The Kier molecular flexibility index (Phi) is 4.35. The normalized spacial score (nSPS) is 27.1. The van der Waals surface area contributed by atoms with Crippen LogP contribution in [0.3, 0.4) is 0 Å². The highest BCUT2D eigenvalue weighted by atomic mass is 32.1. The molecule has 2 saturated heterocycles. The van der Waals surface area contributed by atoms with E-state index in [9.17, 15) is 19.7 Å². The van der Waals surface area contributed by atoms with E-state index in [1.165, 1.54) is 21.9 Å². The lowest BCUT2D eigenvalue weighted by Gasteiger charge is -2.55. The minimum Gasteiger partial charge on any atom is -0.377 e. The number of benzene rings is 1. The average Bonchev–Trinajstić information content (AvgIpc) is 2.70. The van der Waals surface area contributed by atoms with Gasteiger partial charge in [0.15, 0.2) is 10.5 Å². The lowest BCUT2D eigenvalue weighted by atomic mass is 9.68. The van der Waals surface area contributed by atoms with Crippen LogP contribution >= 0.6 is 12.2 Å². The van der Waals surface area contributed by atoms with Crippen LogP contribution in [-0.4, -0.2) is 71.0 Å². The minimum atomic E-state index is -1.42. The Bertz CT molecular complexity index is 906. The van der Waals surface area contributed by atoms with Gasteiger partial charge < -0.3 is 9.64 Å². The molecule has 3 aliphatic rings. The van der Waals surface area contributed by atoms with Crippen molar-refractivity contribution >= 4 is 40.5 Å². The highest BCUT2D eigenvalue weighted by Crippen LogP contribution is 2.47. The fourth-order valence-corrected chi connectivity index (χ4v) is 4.82. The van der Waals surface area contributed by atoms with Crippen LogP contribution in [-0.2, 0) is 20.7 Å². The maximum atomic E-state index is 13.6. The number of ether oxygens (including phenoxy) is 1. The van der Waals surface area contributed by atoms with E-state index >= 15 is 0 Å². The standard InChI is InChI=1S/C18H20N4O5S/c1-3-20-16(24)18(15(23)19(2)17(20)28)9-11-8-12(22(25)26)4-5-13(11)21-6-7-27-10-14(18)21/h4-5,8,14H,3,6-7,9-10H2,1-2H3/t14-,18-/m0/s1. The van der Waals surface area contributed by atoms with Gasteiger partial charge >= 0.3 is 0 Å². The van der Waals surface area contributed by atoms with Crippen LogP contribution < -0.4 is 4.90 Å². The van der Waals surface area contributed by atoms with E-state index in [0.29, 0.717) is 25.3 Å². The summed E-state index contributed by atoms with van der Waals surface area (Å²) in [5.74, 6) is -0.745. The Hall–Kier alpha value is -2.59. The number of nitro groups is 1. The molecular weight excluding hydrogens is 384 g/mol. The molecule has 0 saturated carbocycles. The summed E-state index contributed by atoms with van der Waals surface area (Å²) in [7, 11) is 1.57. The molecule has 28 heavy (non-hydrogen) atoms. The van der Waals surface area contributed by atoms with Crippen molar-refractivity contribution in [2.75, 3.05) is 38.3 Å². The lowest BCUT2D eigenvalue weighted by molar-refractivity contribution is -0.384. The maximum absolute atomic E-state index is 13.6. The zero-order valence-corrected chi connectivity index (χ0v) is 16.4. The molecule has 10 heteroatoms.